The van der Waals surface area contributed by atoms with Crippen LogP contribution in [-0.4, -0.2) is 53.4 Å². The average molecular weight is 339 g/mol. The van der Waals surface area contributed by atoms with E-state index in [9.17, 15) is 4.79 Å². The van der Waals surface area contributed by atoms with Crippen LogP contribution in [0.1, 0.15) is 30.2 Å². The molecule has 0 spiro atoms. The monoisotopic (exact) mass is 339 g/mol. The predicted molar refractivity (Wildman–Crippen MR) is 98.6 cm³/mol. The van der Waals surface area contributed by atoms with Gasteiger partial charge in [0.2, 0.25) is 5.91 Å². The van der Waals surface area contributed by atoms with Gasteiger partial charge in [0.25, 0.3) is 0 Å². The zero-order chi connectivity index (χ0) is 18.0. The van der Waals surface area contributed by atoms with Crippen LogP contribution in [0.2, 0.25) is 0 Å². The van der Waals surface area contributed by atoms with Gasteiger partial charge in [-0.05, 0) is 43.4 Å². The molecular weight excluding hydrogens is 314 g/mol. The van der Waals surface area contributed by atoms with Crippen molar-refractivity contribution in [2.45, 2.75) is 32.6 Å². The SMILES string of the molecule is CCc1ccnc(-c2nc3c(c(N(C)CC(=O)N(C)C)n2)CCC3)c1. The quantitative estimate of drug-likeness (QED) is 0.835. The van der Waals surface area contributed by atoms with Gasteiger partial charge in [0.15, 0.2) is 5.82 Å². The van der Waals surface area contributed by atoms with Crippen LogP contribution in [0.15, 0.2) is 18.3 Å². The Labute approximate surface area is 148 Å². The Morgan fingerprint density at radius 3 is 2.72 bits per heavy atom. The van der Waals surface area contributed by atoms with Crippen molar-refractivity contribution in [2.75, 3.05) is 32.6 Å². The fraction of sp³-hybridized carbons (Fsp3) is 0.474. The van der Waals surface area contributed by atoms with Gasteiger partial charge < -0.3 is 9.80 Å². The van der Waals surface area contributed by atoms with Gasteiger partial charge in [-0.25, -0.2) is 9.97 Å². The number of nitrogens with zero attached hydrogens (tertiary/aromatic N) is 5. The van der Waals surface area contributed by atoms with E-state index in [1.165, 1.54) is 11.1 Å². The van der Waals surface area contributed by atoms with E-state index < -0.39 is 0 Å². The molecule has 6 nitrogen and oxygen atoms in total. The predicted octanol–water partition coefficient (Wildman–Crippen LogP) is 2.11. The van der Waals surface area contributed by atoms with E-state index in [1.54, 1.807) is 19.0 Å². The van der Waals surface area contributed by atoms with Crippen molar-refractivity contribution in [2.24, 2.45) is 0 Å². The summed E-state index contributed by atoms with van der Waals surface area (Å²) in [6.07, 6.45) is 5.77. The number of amides is 1. The normalized spacial score (nSPS) is 12.8. The number of hydrogen-bond acceptors (Lipinski definition) is 5. The molecule has 0 aliphatic heterocycles. The lowest BCUT2D eigenvalue weighted by atomic mass is 10.1. The molecule has 0 saturated heterocycles. The van der Waals surface area contributed by atoms with Gasteiger partial charge in [-0.3, -0.25) is 9.78 Å². The average Bonchev–Trinajstić information content (AvgIpc) is 3.09. The molecule has 0 N–H and O–H groups in total. The highest BCUT2D eigenvalue weighted by Gasteiger charge is 2.23. The Morgan fingerprint density at radius 2 is 2.00 bits per heavy atom. The van der Waals surface area contributed by atoms with Gasteiger partial charge in [-0.2, -0.15) is 0 Å². The Morgan fingerprint density at radius 1 is 1.20 bits per heavy atom. The summed E-state index contributed by atoms with van der Waals surface area (Å²) in [4.78, 5) is 29.6. The second kappa shape index (κ2) is 7.17. The maximum absolute atomic E-state index is 12.1. The van der Waals surface area contributed by atoms with Crippen LogP contribution in [0.25, 0.3) is 11.5 Å². The van der Waals surface area contributed by atoms with E-state index in [0.29, 0.717) is 12.4 Å². The van der Waals surface area contributed by atoms with Gasteiger partial charge >= 0.3 is 0 Å². The van der Waals surface area contributed by atoms with E-state index in [1.807, 2.05) is 30.3 Å². The highest BCUT2D eigenvalue weighted by Crippen LogP contribution is 2.30. The molecule has 0 unspecified atom stereocenters. The third-order valence-corrected chi connectivity index (χ3v) is 4.61. The number of pyridine rings is 1. The Balaban J connectivity index is 2.00. The number of likely N-dealkylation sites (N-methyl/N-ethyl adjacent to an activating group) is 2. The molecule has 1 aliphatic rings. The molecule has 0 aromatic carbocycles. The van der Waals surface area contributed by atoms with E-state index in [0.717, 1.165) is 42.9 Å². The van der Waals surface area contributed by atoms with Crippen molar-refractivity contribution < 1.29 is 4.79 Å². The summed E-state index contributed by atoms with van der Waals surface area (Å²) in [7, 11) is 5.46. The number of carbonyl (C=O) groups is 1. The van der Waals surface area contributed by atoms with Crippen LogP contribution in [0.3, 0.4) is 0 Å². The zero-order valence-electron chi connectivity index (χ0n) is 15.4. The minimum absolute atomic E-state index is 0.0560. The summed E-state index contributed by atoms with van der Waals surface area (Å²) in [6.45, 7) is 2.42. The molecular formula is C19H25N5O. The lowest BCUT2D eigenvalue weighted by Gasteiger charge is -2.22. The molecule has 0 atom stereocenters. The maximum atomic E-state index is 12.1. The Bertz CT molecular complexity index is 787. The van der Waals surface area contributed by atoms with Crippen LogP contribution < -0.4 is 4.90 Å². The number of anilines is 1. The largest absolute Gasteiger partial charge is 0.350 e. The molecule has 2 aromatic heterocycles. The summed E-state index contributed by atoms with van der Waals surface area (Å²) in [5, 5.41) is 0. The fourth-order valence-electron chi connectivity index (χ4n) is 3.08. The van der Waals surface area contributed by atoms with Crippen molar-refractivity contribution in [3.05, 3.63) is 35.2 Å². The molecule has 1 amide bonds. The van der Waals surface area contributed by atoms with Crippen LogP contribution in [0.4, 0.5) is 5.82 Å². The minimum Gasteiger partial charge on any atom is -0.350 e. The molecule has 0 fully saturated rings. The molecule has 2 aromatic rings. The van der Waals surface area contributed by atoms with E-state index in [4.69, 9.17) is 9.97 Å². The van der Waals surface area contributed by atoms with Gasteiger partial charge in [0, 0.05) is 38.6 Å². The highest BCUT2D eigenvalue weighted by atomic mass is 16.2. The first kappa shape index (κ1) is 17.3. The molecule has 1 aliphatic carbocycles. The molecule has 132 valence electrons. The third-order valence-electron chi connectivity index (χ3n) is 4.61. The third kappa shape index (κ3) is 3.62. The van der Waals surface area contributed by atoms with Gasteiger partial charge in [-0.1, -0.05) is 6.92 Å². The molecule has 3 rings (SSSR count). The minimum atomic E-state index is 0.0560. The topological polar surface area (TPSA) is 62.2 Å². The first-order valence-electron chi connectivity index (χ1n) is 8.76. The lowest BCUT2D eigenvalue weighted by Crippen LogP contribution is -2.35. The van der Waals surface area contributed by atoms with Crippen LogP contribution >= 0.6 is 0 Å². The Hall–Kier alpha value is -2.50. The second-order valence-electron chi connectivity index (χ2n) is 6.70. The van der Waals surface area contributed by atoms with E-state index in [-0.39, 0.29) is 5.91 Å². The molecule has 0 saturated carbocycles. The van der Waals surface area contributed by atoms with Crippen molar-refractivity contribution in [3.63, 3.8) is 0 Å². The molecule has 0 bridgehead atoms. The smallest absolute Gasteiger partial charge is 0.241 e. The number of aromatic nitrogens is 3. The summed E-state index contributed by atoms with van der Waals surface area (Å²) >= 11 is 0. The highest BCUT2D eigenvalue weighted by molar-refractivity contribution is 5.81. The first-order chi connectivity index (χ1) is 12.0. The molecule has 6 heteroatoms. The maximum Gasteiger partial charge on any atom is 0.241 e. The standard InChI is InChI=1S/C19H25N5O/c1-5-13-9-10-20-16(11-13)18-21-15-8-6-7-14(15)19(22-18)24(4)12-17(25)23(2)3/h9-11H,5-8,12H2,1-4H3. The molecule has 0 radical (unpaired) electrons. The van der Waals surface area contributed by atoms with Gasteiger partial charge in [-0.15, -0.1) is 0 Å². The molecule has 25 heavy (non-hydrogen) atoms. The van der Waals surface area contributed by atoms with Crippen molar-refractivity contribution in [3.8, 4) is 11.5 Å². The summed E-state index contributed by atoms with van der Waals surface area (Å²) in [5.74, 6) is 1.56. The number of carbonyl (C=O) groups excluding carboxylic acids is 1. The van der Waals surface area contributed by atoms with Crippen LogP contribution in [0, 0.1) is 0 Å². The summed E-state index contributed by atoms with van der Waals surface area (Å²) < 4.78 is 0. The number of rotatable bonds is 5. The molecule has 2 heterocycles. The van der Waals surface area contributed by atoms with Crippen LogP contribution in [-0.2, 0) is 24.1 Å². The van der Waals surface area contributed by atoms with Crippen LogP contribution in [0.5, 0.6) is 0 Å². The fourth-order valence-corrected chi connectivity index (χ4v) is 3.08. The van der Waals surface area contributed by atoms with Crippen molar-refractivity contribution in [1.29, 1.82) is 0 Å². The van der Waals surface area contributed by atoms with Gasteiger partial charge in [0.1, 0.15) is 11.5 Å². The first-order valence-corrected chi connectivity index (χ1v) is 8.76. The number of aryl methyl sites for hydroxylation is 2. The number of hydrogen-bond donors (Lipinski definition) is 0. The van der Waals surface area contributed by atoms with Gasteiger partial charge in [0.05, 0.1) is 6.54 Å². The second-order valence-corrected chi connectivity index (χ2v) is 6.70. The summed E-state index contributed by atoms with van der Waals surface area (Å²) in [6, 6.07) is 4.06. The van der Waals surface area contributed by atoms with Crippen molar-refractivity contribution in [1.82, 2.24) is 19.9 Å². The Kier molecular flexibility index (Phi) is 4.97. The van der Waals surface area contributed by atoms with E-state index >= 15 is 0 Å². The van der Waals surface area contributed by atoms with E-state index in [2.05, 4.69) is 11.9 Å². The zero-order valence-corrected chi connectivity index (χ0v) is 15.4. The lowest BCUT2D eigenvalue weighted by molar-refractivity contribution is -0.127. The number of fused-ring (bicyclic) bond motifs is 1. The van der Waals surface area contributed by atoms with Crippen molar-refractivity contribution >= 4 is 11.7 Å². The summed E-state index contributed by atoms with van der Waals surface area (Å²) in [5.41, 5.74) is 4.27.